The van der Waals surface area contributed by atoms with E-state index in [1.54, 1.807) is 0 Å². The fraction of sp³-hybridized carbons (Fsp3) is 1.00. The second-order valence-corrected chi connectivity index (χ2v) is 3.17. The highest BCUT2D eigenvalue weighted by Gasteiger charge is 2.31. The molecular formula is C11H26N2O. The minimum Gasteiger partial charge on any atom is -0.378 e. The zero-order valence-electron chi connectivity index (χ0n) is 10.3. The molecule has 2 saturated heterocycles. The second-order valence-electron chi connectivity index (χ2n) is 3.17. The quantitative estimate of drug-likeness (QED) is 0.641. The number of hydrogen-bond acceptors (Lipinski definition) is 3. The molecule has 0 amide bonds. The molecule has 0 radical (unpaired) electrons. The van der Waals surface area contributed by atoms with E-state index < -0.39 is 0 Å². The number of ether oxygens (including phenoxy) is 1. The summed E-state index contributed by atoms with van der Waals surface area (Å²) in [7, 11) is 2.19. The molecule has 0 saturated carbocycles. The molecule has 2 atom stereocenters. The Morgan fingerprint density at radius 2 is 1.43 bits per heavy atom. The van der Waals surface area contributed by atoms with E-state index in [0.29, 0.717) is 12.1 Å². The fourth-order valence-corrected chi connectivity index (χ4v) is 1.70. The van der Waals surface area contributed by atoms with E-state index in [0.717, 1.165) is 26.3 Å². The topological polar surface area (TPSA) is 24.5 Å². The lowest BCUT2D eigenvalue weighted by molar-refractivity contribution is -0.0511. The Morgan fingerprint density at radius 3 is 1.79 bits per heavy atom. The maximum absolute atomic E-state index is 5.43. The van der Waals surface area contributed by atoms with Crippen LogP contribution in [0.1, 0.15) is 27.7 Å². The Hall–Kier alpha value is -0.120. The number of likely N-dealkylation sites (N-methyl/N-ethyl adjacent to an activating group) is 1. The minimum absolute atomic E-state index is 0.618. The van der Waals surface area contributed by atoms with E-state index in [4.69, 9.17) is 4.74 Å². The first-order valence-electron chi connectivity index (χ1n) is 5.88. The van der Waals surface area contributed by atoms with Gasteiger partial charge >= 0.3 is 0 Å². The lowest BCUT2D eigenvalue weighted by atomic mass is 10.1. The number of nitrogens with one attached hydrogen (secondary N) is 1. The van der Waals surface area contributed by atoms with Crippen molar-refractivity contribution in [2.24, 2.45) is 0 Å². The van der Waals surface area contributed by atoms with Crippen molar-refractivity contribution in [3.8, 4) is 0 Å². The summed E-state index contributed by atoms with van der Waals surface area (Å²) in [5, 5.41) is 3.40. The van der Waals surface area contributed by atoms with E-state index in [1.165, 1.54) is 0 Å². The van der Waals surface area contributed by atoms with Crippen molar-refractivity contribution in [1.82, 2.24) is 10.2 Å². The minimum atomic E-state index is 0.618. The van der Waals surface area contributed by atoms with Crippen LogP contribution in [0.25, 0.3) is 0 Å². The van der Waals surface area contributed by atoms with Crippen LogP contribution in [0, 0.1) is 0 Å². The molecule has 2 fully saturated rings. The van der Waals surface area contributed by atoms with Gasteiger partial charge in [0.2, 0.25) is 0 Å². The largest absolute Gasteiger partial charge is 0.378 e. The predicted molar refractivity (Wildman–Crippen MR) is 61.7 cm³/mol. The number of rotatable bonds is 0. The third-order valence-corrected chi connectivity index (χ3v) is 2.53. The summed E-state index contributed by atoms with van der Waals surface area (Å²) in [5.41, 5.74) is 0. The monoisotopic (exact) mass is 202 g/mol. The Kier molecular flexibility index (Phi) is 8.14. The number of piperazine rings is 1. The standard InChI is InChI=1S/C7H14N2O.2C2H6/c1-9-6-2-8-3-7(9)5-10-4-6;2*1-2/h6-8H,2-5H2,1H3;2*1-2H3. The Balaban J connectivity index is 0.000000379. The summed E-state index contributed by atoms with van der Waals surface area (Å²) in [5.74, 6) is 0. The van der Waals surface area contributed by atoms with Crippen molar-refractivity contribution < 1.29 is 4.74 Å². The zero-order valence-corrected chi connectivity index (χ0v) is 10.3. The molecule has 0 spiro atoms. The molecule has 0 aliphatic carbocycles. The average Bonchev–Trinajstić information content (AvgIpc) is 2.23. The summed E-state index contributed by atoms with van der Waals surface area (Å²) in [6, 6.07) is 1.24. The summed E-state index contributed by atoms with van der Waals surface area (Å²) in [6.07, 6.45) is 0. The van der Waals surface area contributed by atoms with Crippen LogP contribution in [0.3, 0.4) is 0 Å². The van der Waals surface area contributed by atoms with E-state index in [-0.39, 0.29) is 0 Å². The molecular weight excluding hydrogens is 176 g/mol. The third-order valence-electron chi connectivity index (χ3n) is 2.53. The number of hydrogen-bond donors (Lipinski definition) is 1. The number of fused-ring (bicyclic) bond motifs is 2. The van der Waals surface area contributed by atoms with Crippen molar-refractivity contribution in [3.63, 3.8) is 0 Å². The van der Waals surface area contributed by atoms with Crippen LogP contribution in [-0.2, 0) is 4.74 Å². The highest BCUT2D eigenvalue weighted by Crippen LogP contribution is 2.13. The molecule has 86 valence electrons. The van der Waals surface area contributed by atoms with Crippen molar-refractivity contribution in [2.75, 3.05) is 33.4 Å². The van der Waals surface area contributed by atoms with Gasteiger partial charge in [-0.15, -0.1) is 0 Å². The SMILES string of the molecule is CC.CC.CN1C2CNCC1COC2. The normalized spacial score (nSPS) is 30.6. The highest BCUT2D eigenvalue weighted by molar-refractivity contribution is 4.88. The maximum Gasteiger partial charge on any atom is 0.0635 e. The lowest BCUT2D eigenvalue weighted by Crippen LogP contribution is -2.61. The van der Waals surface area contributed by atoms with Gasteiger partial charge < -0.3 is 10.1 Å². The first-order valence-corrected chi connectivity index (χ1v) is 5.88. The van der Waals surface area contributed by atoms with Crippen LogP contribution in [0.2, 0.25) is 0 Å². The molecule has 2 rings (SSSR count). The summed E-state index contributed by atoms with van der Waals surface area (Å²) in [6.45, 7) is 12.0. The van der Waals surface area contributed by atoms with Crippen molar-refractivity contribution in [1.29, 1.82) is 0 Å². The smallest absolute Gasteiger partial charge is 0.0635 e. The van der Waals surface area contributed by atoms with Gasteiger partial charge in [-0.3, -0.25) is 4.90 Å². The molecule has 14 heavy (non-hydrogen) atoms. The lowest BCUT2D eigenvalue weighted by Gasteiger charge is -2.43. The van der Waals surface area contributed by atoms with Gasteiger partial charge in [-0.1, -0.05) is 27.7 Å². The van der Waals surface area contributed by atoms with Gasteiger partial charge in [-0.25, -0.2) is 0 Å². The van der Waals surface area contributed by atoms with Crippen LogP contribution in [0.15, 0.2) is 0 Å². The Labute approximate surface area is 88.8 Å². The predicted octanol–water partition coefficient (Wildman–Crippen LogP) is 1.34. The number of morpholine rings is 1. The molecule has 2 unspecified atom stereocenters. The molecule has 2 aliphatic heterocycles. The molecule has 2 heterocycles. The molecule has 3 heteroatoms. The summed E-state index contributed by atoms with van der Waals surface area (Å²) in [4.78, 5) is 2.43. The van der Waals surface area contributed by atoms with Crippen LogP contribution < -0.4 is 5.32 Å². The van der Waals surface area contributed by atoms with Crippen LogP contribution in [0.4, 0.5) is 0 Å². The van der Waals surface area contributed by atoms with Gasteiger partial charge in [-0.2, -0.15) is 0 Å². The second kappa shape index (κ2) is 8.21. The van der Waals surface area contributed by atoms with Crippen molar-refractivity contribution in [3.05, 3.63) is 0 Å². The molecule has 3 nitrogen and oxygen atoms in total. The maximum atomic E-state index is 5.43. The van der Waals surface area contributed by atoms with Crippen molar-refractivity contribution in [2.45, 2.75) is 39.8 Å². The van der Waals surface area contributed by atoms with Gasteiger partial charge in [0.25, 0.3) is 0 Å². The van der Waals surface area contributed by atoms with Gasteiger partial charge in [0.05, 0.1) is 13.2 Å². The van der Waals surface area contributed by atoms with Crippen LogP contribution >= 0.6 is 0 Å². The first kappa shape index (κ1) is 13.9. The highest BCUT2D eigenvalue weighted by atomic mass is 16.5. The molecule has 0 aromatic heterocycles. The fourth-order valence-electron chi connectivity index (χ4n) is 1.70. The molecule has 0 aromatic rings. The van der Waals surface area contributed by atoms with Gasteiger partial charge in [0.1, 0.15) is 0 Å². The first-order chi connectivity index (χ1) is 6.88. The van der Waals surface area contributed by atoms with Gasteiger partial charge in [-0.05, 0) is 7.05 Å². The third kappa shape index (κ3) is 3.56. The molecule has 2 bridgehead atoms. The molecule has 2 aliphatic rings. The van der Waals surface area contributed by atoms with E-state index in [1.807, 2.05) is 27.7 Å². The molecule has 1 N–H and O–H groups in total. The van der Waals surface area contributed by atoms with E-state index in [2.05, 4.69) is 17.3 Å². The Morgan fingerprint density at radius 1 is 1.00 bits per heavy atom. The zero-order chi connectivity index (χ0) is 11.0. The summed E-state index contributed by atoms with van der Waals surface area (Å²) < 4.78 is 5.43. The van der Waals surface area contributed by atoms with Gasteiger partial charge in [0.15, 0.2) is 0 Å². The van der Waals surface area contributed by atoms with E-state index >= 15 is 0 Å². The summed E-state index contributed by atoms with van der Waals surface area (Å²) >= 11 is 0. The van der Waals surface area contributed by atoms with E-state index in [9.17, 15) is 0 Å². The molecule has 0 aromatic carbocycles. The van der Waals surface area contributed by atoms with Crippen molar-refractivity contribution >= 4 is 0 Å². The Bertz CT molecular complexity index is 108. The average molecular weight is 202 g/mol. The van der Waals surface area contributed by atoms with Crippen LogP contribution in [0.5, 0.6) is 0 Å². The van der Waals surface area contributed by atoms with Crippen LogP contribution in [-0.4, -0.2) is 50.3 Å². The number of nitrogens with zero attached hydrogens (tertiary/aromatic N) is 1. The van der Waals surface area contributed by atoms with Gasteiger partial charge in [0, 0.05) is 25.2 Å².